The van der Waals surface area contributed by atoms with Crippen LogP contribution in [0, 0.1) is 0 Å². The van der Waals surface area contributed by atoms with E-state index < -0.39 is 0 Å². The summed E-state index contributed by atoms with van der Waals surface area (Å²) in [5.74, 6) is 7.12. The first-order valence-electron chi connectivity index (χ1n) is 6.24. The van der Waals surface area contributed by atoms with E-state index in [-0.39, 0.29) is 6.04 Å². The standard InChI is InChI=1S/C15H19N3O2/c1-19-12-8-5-9-13(20-2)14(12)15(18-17)10-6-3-4-7-11(10)16/h3-9,15,18H,16-17H2,1-2H3. The molecule has 0 aliphatic rings. The number of hydrogen-bond acceptors (Lipinski definition) is 5. The minimum absolute atomic E-state index is 0.317. The molecule has 0 fully saturated rings. The molecule has 0 spiro atoms. The average Bonchev–Trinajstić information content (AvgIpc) is 2.49. The quantitative estimate of drug-likeness (QED) is 0.440. The molecule has 1 atom stereocenters. The van der Waals surface area contributed by atoms with Crippen molar-refractivity contribution in [1.82, 2.24) is 5.43 Å². The second-order valence-corrected chi connectivity index (χ2v) is 4.30. The van der Waals surface area contributed by atoms with Crippen LogP contribution in [0.1, 0.15) is 17.2 Å². The monoisotopic (exact) mass is 273 g/mol. The Labute approximate surface area is 118 Å². The van der Waals surface area contributed by atoms with E-state index in [2.05, 4.69) is 5.43 Å². The number of methoxy groups -OCH3 is 2. The largest absolute Gasteiger partial charge is 0.496 e. The molecular weight excluding hydrogens is 254 g/mol. The lowest BCUT2D eigenvalue weighted by Crippen LogP contribution is -2.30. The zero-order valence-electron chi connectivity index (χ0n) is 11.6. The number of para-hydroxylation sites is 1. The first kappa shape index (κ1) is 14.2. The van der Waals surface area contributed by atoms with Crippen LogP contribution in [-0.4, -0.2) is 14.2 Å². The topological polar surface area (TPSA) is 82.5 Å². The van der Waals surface area contributed by atoms with Gasteiger partial charge in [0.1, 0.15) is 11.5 Å². The molecule has 0 amide bonds. The maximum absolute atomic E-state index is 6.04. The van der Waals surface area contributed by atoms with Gasteiger partial charge in [-0.15, -0.1) is 0 Å². The fraction of sp³-hybridized carbons (Fsp3) is 0.200. The third kappa shape index (κ3) is 2.54. The van der Waals surface area contributed by atoms with Crippen LogP contribution >= 0.6 is 0 Å². The molecule has 1 unspecified atom stereocenters. The molecule has 5 N–H and O–H groups in total. The van der Waals surface area contributed by atoms with Crippen LogP contribution in [0.15, 0.2) is 42.5 Å². The third-order valence-electron chi connectivity index (χ3n) is 3.23. The molecule has 0 saturated carbocycles. The highest BCUT2D eigenvalue weighted by molar-refractivity contribution is 5.57. The summed E-state index contributed by atoms with van der Waals surface area (Å²) in [5.41, 5.74) is 11.2. The molecule has 0 aliphatic carbocycles. The van der Waals surface area contributed by atoms with E-state index in [0.717, 1.165) is 11.1 Å². The van der Waals surface area contributed by atoms with Gasteiger partial charge >= 0.3 is 0 Å². The highest BCUT2D eigenvalue weighted by atomic mass is 16.5. The van der Waals surface area contributed by atoms with Crippen LogP contribution in [0.5, 0.6) is 11.5 Å². The van der Waals surface area contributed by atoms with Gasteiger partial charge in [0.2, 0.25) is 0 Å². The normalized spacial score (nSPS) is 11.9. The Morgan fingerprint density at radius 1 is 0.950 bits per heavy atom. The van der Waals surface area contributed by atoms with Crippen LogP contribution in [0.3, 0.4) is 0 Å². The van der Waals surface area contributed by atoms with Crippen LogP contribution in [-0.2, 0) is 0 Å². The van der Waals surface area contributed by atoms with E-state index in [1.807, 2.05) is 42.5 Å². The van der Waals surface area contributed by atoms with Gasteiger partial charge in [0.05, 0.1) is 25.8 Å². The van der Waals surface area contributed by atoms with Crippen molar-refractivity contribution >= 4 is 5.69 Å². The summed E-state index contributed by atoms with van der Waals surface area (Å²) in [7, 11) is 3.22. The van der Waals surface area contributed by atoms with Gasteiger partial charge < -0.3 is 15.2 Å². The lowest BCUT2D eigenvalue weighted by Gasteiger charge is -2.23. The number of ether oxygens (including phenoxy) is 2. The molecule has 0 bridgehead atoms. The molecule has 0 radical (unpaired) electrons. The lowest BCUT2D eigenvalue weighted by molar-refractivity contribution is 0.377. The third-order valence-corrected chi connectivity index (χ3v) is 3.23. The van der Waals surface area contributed by atoms with Crippen molar-refractivity contribution in [3.63, 3.8) is 0 Å². The zero-order valence-corrected chi connectivity index (χ0v) is 11.6. The number of nitrogen functional groups attached to an aromatic ring is 1. The Kier molecular flexibility index (Phi) is 4.45. The van der Waals surface area contributed by atoms with Crippen molar-refractivity contribution in [3.8, 4) is 11.5 Å². The fourth-order valence-corrected chi connectivity index (χ4v) is 2.27. The summed E-state index contributed by atoms with van der Waals surface area (Å²) in [4.78, 5) is 0. The van der Waals surface area contributed by atoms with Crippen molar-refractivity contribution in [2.75, 3.05) is 20.0 Å². The van der Waals surface area contributed by atoms with E-state index in [9.17, 15) is 0 Å². The van der Waals surface area contributed by atoms with Gasteiger partial charge in [0.25, 0.3) is 0 Å². The molecule has 0 aliphatic heterocycles. The van der Waals surface area contributed by atoms with Crippen LogP contribution < -0.4 is 26.5 Å². The Hall–Kier alpha value is -2.24. The molecule has 0 aromatic heterocycles. The van der Waals surface area contributed by atoms with Crippen LogP contribution in [0.4, 0.5) is 5.69 Å². The van der Waals surface area contributed by atoms with Crippen LogP contribution in [0.2, 0.25) is 0 Å². The fourth-order valence-electron chi connectivity index (χ4n) is 2.27. The van der Waals surface area contributed by atoms with Gasteiger partial charge in [-0.25, -0.2) is 5.43 Å². The van der Waals surface area contributed by atoms with E-state index in [0.29, 0.717) is 17.2 Å². The van der Waals surface area contributed by atoms with Gasteiger partial charge in [-0.05, 0) is 23.8 Å². The Morgan fingerprint density at radius 2 is 1.55 bits per heavy atom. The van der Waals surface area contributed by atoms with Gasteiger partial charge in [-0.1, -0.05) is 24.3 Å². The number of nitrogens with one attached hydrogen (secondary N) is 1. The first-order valence-corrected chi connectivity index (χ1v) is 6.24. The minimum Gasteiger partial charge on any atom is -0.496 e. The number of benzene rings is 2. The summed E-state index contributed by atoms with van der Waals surface area (Å²) in [6, 6.07) is 12.8. The molecule has 0 saturated heterocycles. The molecule has 5 heteroatoms. The van der Waals surface area contributed by atoms with Crippen molar-refractivity contribution in [2.45, 2.75) is 6.04 Å². The predicted molar refractivity (Wildman–Crippen MR) is 79.6 cm³/mol. The minimum atomic E-state index is -0.317. The van der Waals surface area contributed by atoms with Crippen molar-refractivity contribution in [2.24, 2.45) is 5.84 Å². The second-order valence-electron chi connectivity index (χ2n) is 4.30. The van der Waals surface area contributed by atoms with E-state index in [4.69, 9.17) is 21.1 Å². The molecular formula is C15H19N3O2. The number of hydrazine groups is 1. The second kappa shape index (κ2) is 6.27. The molecule has 2 rings (SSSR count). The summed E-state index contributed by atoms with van der Waals surface area (Å²) in [6.07, 6.45) is 0. The van der Waals surface area contributed by atoms with Crippen LogP contribution in [0.25, 0.3) is 0 Å². The Morgan fingerprint density at radius 3 is 2.05 bits per heavy atom. The molecule has 2 aromatic rings. The van der Waals surface area contributed by atoms with E-state index in [1.165, 1.54) is 0 Å². The van der Waals surface area contributed by atoms with E-state index >= 15 is 0 Å². The predicted octanol–water partition coefficient (Wildman–Crippen LogP) is 1.84. The molecule has 106 valence electrons. The van der Waals surface area contributed by atoms with Gasteiger partial charge in [0.15, 0.2) is 0 Å². The van der Waals surface area contributed by atoms with Gasteiger partial charge in [-0.2, -0.15) is 0 Å². The summed E-state index contributed by atoms with van der Waals surface area (Å²) in [5, 5.41) is 0. The average molecular weight is 273 g/mol. The maximum atomic E-state index is 6.04. The van der Waals surface area contributed by atoms with Gasteiger partial charge in [0, 0.05) is 5.69 Å². The maximum Gasteiger partial charge on any atom is 0.127 e. The molecule has 20 heavy (non-hydrogen) atoms. The number of nitrogens with two attached hydrogens (primary N) is 2. The Balaban J connectivity index is 2.60. The Bertz CT molecular complexity index is 565. The van der Waals surface area contributed by atoms with Crippen molar-refractivity contribution in [3.05, 3.63) is 53.6 Å². The smallest absolute Gasteiger partial charge is 0.127 e. The highest BCUT2D eigenvalue weighted by Crippen LogP contribution is 2.38. The first-order chi connectivity index (χ1) is 9.72. The molecule has 5 nitrogen and oxygen atoms in total. The summed E-state index contributed by atoms with van der Waals surface area (Å²) >= 11 is 0. The zero-order chi connectivity index (χ0) is 14.5. The number of anilines is 1. The number of hydrogen-bond donors (Lipinski definition) is 3. The van der Waals surface area contributed by atoms with E-state index in [1.54, 1.807) is 14.2 Å². The summed E-state index contributed by atoms with van der Waals surface area (Å²) < 4.78 is 10.8. The lowest BCUT2D eigenvalue weighted by atomic mass is 9.96. The summed E-state index contributed by atoms with van der Waals surface area (Å²) in [6.45, 7) is 0. The molecule has 0 heterocycles. The van der Waals surface area contributed by atoms with Crippen molar-refractivity contribution in [1.29, 1.82) is 0 Å². The van der Waals surface area contributed by atoms with Crippen molar-refractivity contribution < 1.29 is 9.47 Å². The van der Waals surface area contributed by atoms with Gasteiger partial charge in [-0.3, -0.25) is 5.84 Å². The highest BCUT2D eigenvalue weighted by Gasteiger charge is 2.23. The SMILES string of the molecule is COc1cccc(OC)c1C(NN)c1ccccc1N. The molecule has 2 aromatic carbocycles. The number of rotatable bonds is 5.